The van der Waals surface area contributed by atoms with Crippen LogP contribution >= 0.6 is 0 Å². The molecule has 160 valence electrons. The molecule has 0 atom stereocenters. The van der Waals surface area contributed by atoms with Crippen LogP contribution in [0.5, 0.6) is 0 Å². The number of aryl methyl sites for hydroxylation is 2. The highest BCUT2D eigenvalue weighted by atomic mass is 19.1. The normalized spacial score (nSPS) is 10.8. The molecular weight excluding hydrogens is 409 g/mol. The van der Waals surface area contributed by atoms with Crippen LogP contribution in [0, 0.1) is 19.7 Å². The van der Waals surface area contributed by atoms with E-state index >= 15 is 0 Å². The van der Waals surface area contributed by atoms with Crippen LogP contribution < -0.4 is 10.7 Å². The Morgan fingerprint density at radius 2 is 1.72 bits per heavy atom. The molecule has 0 fully saturated rings. The summed E-state index contributed by atoms with van der Waals surface area (Å²) in [6.07, 6.45) is 1.35. The summed E-state index contributed by atoms with van der Waals surface area (Å²) < 4.78 is 14.8. The molecule has 4 rings (SSSR count). The van der Waals surface area contributed by atoms with E-state index in [9.17, 15) is 18.8 Å². The Hall–Kier alpha value is -4.13. The lowest BCUT2D eigenvalue weighted by molar-refractivity contribution is -0.116. The molecule has 2 aromatic heterocycles. The van der Waals surface area contributed by atoms with Crippen LogP contribution in [0.1, 0.15) is 27.2 Å². The molecule has 0 radical (unpaired) electrons. The summed E-state index contributed by atoms with van der Waals surface area (Å²) in [4.78, 5) is 43.2. The summed E-state index contributed by atoms with van der Waals surface area (Å²) in [7, 11) is 0. The maximum atomic E-state index is 13.3. The number of amides is 1. The zero-order valence-electron chi connectivity index (χ0n) is 17.6. The van der Waals surface area contributed by atoms with Gasteiger partial charge in [-0.1, -0.05) is 18.2 Å². The third-order valence-corrected chi connectivity index (χ3v) is 5.14. The molecule has 7 heteroatoms. The lowest BCUT2D eigenvalue weighted by Crippen LogP contribution is -2.25. The van der Waals surface area contributed by atoms with E-state index in [0.29, 0.717) is 17.0 Å². The first-order chi connectivity index (χ1) is 15.3. The number of pyridine rings is 2. The van der Waals surface area contributed by atoms with E-state index in [1.165, 1.54) is 22.9 Å². The van der Waals surface area contributed by atoms with Crippen LogP contribution in [-0.2, 0) is 11.3 Å². The number of benzene rings is 2. The van der Waals surface area contributed by atoms with E-state index in [1.54, 1.807) is 25.1 Å². The Morgan fingerprint density at radius 1 is 1.00 bits per heavy atom. The molecular formula is C25H20FN3O3. The number of para-hydroxylation sites is 1. The molecule has 0 saturated carbocycles. The van der Waals surface area contributed by atoms with Gasteiger partial charge in [-0.15, -0.1) is 0 Å². The topological polar surface area (TPSA) is 81.1 Å². The number of carbonyl (C=O) groups is 2. The number of nitrogens with one attached hydrogen (secondary N) is 1. The summed E-state index contributed by atoms with van der Waals surface area (Å²) in [6.45, 7) is 3.51. The summed E-state index contributed by atoms with van der Waals surface area (Å²) in [5.41, 5.74) is 2.14. The molecule has 4 aromatic rings. The minimum absolute atomic E-state index is 0.113. The number of fused-ring (bicyclic) bond motifs is 1. The van der Waals surface area contributed by atoms with Gasteiger partial charge in [-0.2, -0.15) is 0 Å². The molecule has 0 aliphatic rings. The van der Waals surface area contributed by atoms with Crippen LogP contribution in [0.15, 0.2) is 71.7 Å². The van der Waals surface area contributed by atoms with Crippen molar-refractivity contribution < 1.29 is 14.0 Å². The average molecular weight is 429 g/mol. The van der Waals surface area contributed by atoms with Gasteiger partial charge in [0.15, 0.2) is 5.78 Å². The van der Waals surface area contributed by atoms with Crippen LogP contribution in [-0.4, -0.2) is 21.2 Å². The van der Waals surface area contributed by atoms with E-state index in [-0.39, 0.29) is 29.0 Å². The second kappa shape index (κ2) is 8.55. The molecule has 0 aliphatic carbocycles. The van der Waals surface area contributed by atoms with Gasteiger partial charge in [-0.3, -0.25) is 14.4 Å². The van der Waals surface area contributed by atoms with Gasteiger partial charge < -0.3 is 9.88 Å². The van der Waals surface area contributed by atoms with Crippen molar-refractivity contribution in [2.45, 2.75) is 20.4 Å². The van der Waals surface area contributed by atoms with Crippen LogP contribution in [0.3, 0.4) is 0 Å². The second-order valence-corrected chi connectivity index (χ2v) is 7.52. The first kappa shape index (κ1) is 21.1. The number of halogens is 1. The van der Waals surface area contributed by atoms with Gasteiger partial charge in [0.2, 0.25) is 11.3 Å². The third-order valence-electron chi connectivity index (χ3n) is 5.14. The van der Waals surface area contributed by atoms with E-state index in [4.69, 9.17) is 0 Å². The van der Waals surface area contributed by atoms with Gasteiger partial charge in [-0.25, -0.2) is 9.37 Å². The van der Waals surface area contributed by atoms with Crippen molar-refractivity contribution in [3.05, 3.63) is 105 Å². The average Bonchev–Trinajstić information content (AvgIpc) is 2.77. The maximum absolute atomic E-state index is 13.3. The van der Waals surface area contributed by atoms with E-state index in [2.05, 4.69) is 10.3 Å². The molecule has 2 heterocycles. The van der Waals surface area contributed by atoms with Crippen LogP contribution in [0.25, 0.3) is 11.0 Å². The first-order valence-corrected chi connectivity index (χ1v) is 10.00. The lowest BCUT2D eigenvalue weighted by atomic mass is 10.0. The van der Waals surface area contributed by atoms with Gasteiger partial charge >= 0.3 is 0 Å². The molecule has 0 saturated heterocycles. The fourth-order valence-corrected chi connectivity index (χ4v) is 3.46. The molecule has 0 aliphatic heterocycles. The number of anilines is 1. The van der Waals surface area contributed by atoms with E-state index < -0.39 is 17.0 Å². The SMILES string of the molecule is Cc1ccc2c(=O)c(C(=O)c3ccc(F)cc3)cn(CC(=O)Nc3ccccc3C)c2n1. The second-order valence-electron chi connectivity index (χ2n) is 7.52. The van der Waals surface area contributed by atoms with Crippen LogP contribution in [0.2, 0.25) is 0 Å². The zero-order valence-corrected chi connectivity index (χ0v) is 17.6. The number of aromatic nitrogens is 2. The number of hydrogen-bond acceptors (Lipinski definition) is 4. The Morgan fingerprint density at radius 3 is 2.44 bits per heavy atom. The highest BCUT2D eigenvalue weighted by Gasteiger charge is 2.19. The molecule has 0 spiro atoms. The minimum Gasteiger partial charge on any atom is -0.324 e. The molecule has 6 nitrogen and oxygen atoms in total. The largest absolute Gasteiger partial charge is 0.324 e. The number of hydrogen-bond donors (Lipinski definition) is 1. The summed E-state index contributed by atoms with van der Waals surface area (Å²) in [5.74, 6) is -1.36. The predicted molar refractivity (Wildman–Crippen MR) is 120 cm³/mol. The zero-order chi connectivity index (χ0) is 22.8. The summed E-state index contributed by atoms with van der Waals surface area (Å²) in [6, 6.07) is 15.6. The molecule has 32 heavy (non-hydrogen) atoms. The standard InChI is InChI=1S/C25H20FN3O3/c1-15-5-3-4-6-21(15)28-22(30)14-29-13-20(23(31)17-8-10-18(26)11-9-17)24(32)19-12-7-16(2)27-25(19)29/h3-13H,14H2,1-2H3,(H,28,30). The molecule has 0 bridgehead atoms. The number of nitrogens with zero attached hydrogens (tertiary/aromatic N) is 2. The van der Waals surface area contributed by atoms with Crippen molar-refractivity contribution in [3.63, 3.8) is 0 Å². The Labute approximate surface area is 183 Å². The number of carbonyl (C=O) groups excluding carboxylic acids is 2. The molecule has 1 N–H and O–H groups in total. The van der Waals surface area contributed by atoms with Crippen molar-refractivity contribution in [3.8, 4) is 0 Å². The minimum atomic E-state index is -0.550. The van der Waals surface area contributed by atoms with Gasteiger partial charge in [0.05, 0.1) is 10.9 Å². The molecule has 0 unspecified atom stereocenters. The van der Waals surface area contributed by atoms with Gasteiger partial charge in [0.1, 0.15) is 18.0 Å². The van der Waals surface area contributed by atoms with Gasteiger partial charge in [0.25, 0.3) is 0 Å². The van der Waals surface area contributed by atoms with Crippen molar-refractivity contribution in [1.29, 1.82) is 0 Å². The molecule has 1 amide bonds. The van der Waals surface area contributed by atoms with Crippen molar-refractivity contribution in [2.75, 3.05) is 5.32 Å². The lowest BCUT2D eigenvalue weighted by Gasteiger charge is -2.14. The van der Waals surface area contributed by atoms with Gasteiger partial charge in [-0.05, 0) is 61.9 Å². The number of rotatable bonds is 5. The maximum Gasteiger partial charge on any atom is 0.244 e. The fourth-order valence-electron chi connectivity index (χ4n) is 3.46. The Bertz CT molecular complexity index is 1410. The Kier molecular flexibility index (Phi) is 5.64. The van der Waals surface area contributed by atoms with Crippen molar-refractivity contribution in [1.82, 2.24) is 9.55 Å². The quantitative estimate of drug-likeness (QED) is 0.486. The summed E-state index contributed by atoms with van der Waals surface area (Å²) >= 11 is 0. The highest BCUT2D eigenvalue weighted by Crippen LogP contribution is 2.16. The van der Waals surface area contributed by atoms with Crippen LogP contribution in [0.4, 0.5) is 10.1 Å². The van der Waals surface area contributed by atoms with Crippen molar-refractivity contribution >= 4 is 28.4 Å². The van der Waals surface area contributed by atoms with Gasteiger partial charge in [0, 0.05) is 23.1 Å². The predicted octanol–water partition coefficient (Wildman–Crippen LogP) is 4.02. The monoisotopic (exact) mass is 429 g/mol. The highest BCUT2D eigenvalue weighted by molar-refractivity contribution is 6.10. The van der Waals surface area contributed by atoms with Crippen molar-refractivity contribution in [2.24, 2.45) is 0 Å². The summed E-state index contributed by atoms with van der Waals surface area (Å²) in [5, 5.41) is 3.08. The number of ketones is 1. The smallest absolute Gasteiger partial charge is 0.244 e. The van der Waals surface area contributed by atoms with E-state index in [0.717, 1.165) is 17.7 Å². The van der Waals surface area contributed by atoms with E-state index in [1.807, 2.05) is 25.1 Å². The molecule has 2 aromatic carbocycles. The fraction of sp³-hybridized carbons (Fsp3) is 0.120. The first-order valence-electron chi connectivity index (χ1n) is 10.00. The Balaban J connectivity index is 1.78. The third kappa shape index (κ3) is 4.18.